The fourth-order valence-corrected chi connectivity index (χ4v) is 3.60. The summed E-state index contributed by atoms with van der Waals surface area (Å²) in [4.78, 5) is 17.2. The molecule has 5 heteroatoms. The van der Waals surface area contributed by atoms with Crippen LogP contribution in [0.15, 0.2) is 24.3 Å². The molecule has 25 heavy (non-hydrogen) atoms. The average molecular weight is 345 g/mol. The van der Waals surface area contributed by atoms with E-state index in [0.29, 0.717) is 12.6 Å². The van der Waals surface area contributed by atoms with Crippen LogP contribution in [0.25, 0.3) is 0 Å². The molecule has 1 N–H and O–H groups in total. The summed E-state index contributed by atoms with van der Waals surface area (Å²) in [5.74, 6) is -0.00893. The number of carbonyl (C=O) groups is 1. The molecule has 1 amide bonds. The molecule has 0 spiro atoms. The fraction of sp³-hybridized carbons (Fsp3) is 0.650. The first-order chi connectivity index (χ1) is 12.1. The number of anilines is 1. The van der Waals surface area contributed by atoms with E-state index in [1.807, 2.05) is 12.1 Å². The summed E-state index contributed by atoms with van der Waals surface area (Å²) >= 11 is 0. The van der Waals surface area contributed by atoms with Crippen LogP contribution in [-0.4, -0.2) is 62.3 Å². The van der Waals surface area contributed by atoms with Crippen molar-refractivity contribution < 1.29 is 9.53 Å². The number of benzene rings is 1. The molecule has 2 aliphatic rings. The van der Waals surface area contributed by atoms with Gasteiger partial charge in [0.05, 0.1) is 6.10 Å². The van der Waals surface area contributed by atoms with Crippen LogP contribution in [0.3, 0.4) is 0 Å². The van der Waals surface area contributed by atoms with Gasteiger partial charge in [0.1, 0.15) is 0 Å². The van der Waals surface area contributed by atoms with Crippen molar-refractivity contribution in [1.29, 1.82) is 0 Å². The summed E-state index contributed by atoms with van der Waals surface area (Å²) in [5.41, 5.74) is 1.93. The Hall–Kier alpha value is -1.59. The van der Waals surface area contributed by atoms with E-state index in [2.05, 4.69) is 41.1 Å². The van der Waals surface area contributed by atoms with Gasteiger partial charge in [-0.15, -0.1) is 0 Å². The van der Waals surface area contributed by atoms with Gasteiger partial charge in [0, 0.05) is 56.6 Å². The molecule has 2 fully saturated rings. The standard InChI is InChI=1S/C20H31N3O2/c1-16(2)22-10-12-23(13-11-22)18-8-6-17(7-9-18)20(24)21-15-19-5-3-4-14-25-19/h6-9,16,19H,3-5,10-15H2,1-2H3,(H,21,24)/t19-/m1/s1. The van der Waals surface area contributed by atoms with Gasteiger partial charge in [-0.2, -0.15) is 0 Å². The molecule has 2 aliphatic heterocycles. The van der Waals surface area contributed by atoms with E-state index in [-0.39, 0.29) is 12.0 Å². The van der Waals surface area contributed by atoms with Crippen LogP contribution in [0.1, 0.15) is 43.5 Å². The summed E-state index contributed by atoms with van der Waals surface area (Å²) in [6.45, 7) is 10.2. The van der Waals surface area contributed by atoms with E-state index in [4.69, 9.17) is 4.74 Å². The lowest BCUT2D eigenvalue weighted by molar-refractivity contribution is 0.0169. The minimum Gasteiger partial charge on any atom is -0.376 e. The number of carbonyl (C=O) groups excluding carboxylic acids is 1. The van der Waals surface area contributed by atoms with E-state index >= 15 is 0 Å². The van der Waals surface area contributed by atoms with Crippen LogP contribution < -0.4 is 10.2 Å². The Bertz CT molecular complexity index is 545. The first kappa shape index (κ1) is 18.2. The molecule has 1 aromatic carbocycles. The molecular weight excluding hydrogens is 314 g/mol. The van der Waals surface area contributed by atoms with Crippen molar-refractivity contribution in [1.82, 2.24) is 10.2 Å². The van der Waals surface area contributed by atoms with Gasteiger partial charge in [-0.05, 0) is 57.4 Å². The Morgan fingerprint density at radius 1 is 1.16 bits per heavy atom. The van der Waals surface area contributed by atoms with Gasteiger partial charge < -0.3 is 15.0 Å². The third-order valence-electron chi connectivity index (χ3n) is 5.30. The van der Waals surface area contributed by atoms with Gasteiger partial charge in [-0.3, -0.25) is 9.69 Å². The van der Waals surface area contributed by atoms with Crippen LogP contribution in [0, 0.1) is 0 Å². The van der Waals surface area contributed by atoms with Gasteiger partial charge in [0.15, 0.2) is 0 Å². The molecule has 0 radical (unpaired) electrons. The van der Waals surface area contributed by atoms with Crippen molar-refractivity contribution in [3.63, 3.8) is 0 Å². The maximum Gasteiger partial charge on any atom is 0.251 e. The maximum absolute atomic E-state index is 12.3. The van der Waals surface area contributed by atoms with Crippen molar-refractivity contribution in [2.24, 2.45) is 0 Å². The van der Waals surface area contributed by atoms with E-state index in [9.17, 15) is 4.79 Å². The highest BCUT2D eigenvalue weighted by molar-refractivity contribution is 5.94. The molecule has 138 valence electrons. The minimum absolute atomic E-state index is 0.00893. The zero-order valence-electron chi connectivity index (χ0n) is 15.5. The normalized spacial score (nSPS) is 22.2. The minimum atomic E-state index is -0.00893. The van der Waals surface area contributed by atoms with Crippen LogP contribution in [0.4, 0.5) is 5.69 Å². The number of rotatable bonds is 5. The van der Waals surface area contributed by atoms with Gasteiger partial charge >= 0.3 is 0 Å². The Balaban J connectivity index is 1.49. The number of ether oxygens (including phenoxy) is 1. The molecule has 3 rings (SSSR count). The monoisotopic (exact) mass is 345 g/mol. The van der Waals surface area contributed by atoms with Gasteiger partial charge in [-0.1, -0.05) is 0 Å². The van der Waals surface area contributed by atoms with Gasteiger partial charge in [0.25, 0.3) is 5.91 Å². The van der Waals surface area contributed by atoms with Crippen molar-refractivity contribution in [2.75, 3.05) is 44.2 Å². The summed E-state index contributed by atoms with van der Waals surface area (Å²) < 4.78 is 5.66. The van der Waals surface area contributed by atoms with Crippen molar-refractivity contribution in [2.45, 2.75) is 45.3 Å². The molecular formula is C20H31N3O2. The Kier molecular flexibility index (Phi) is 6.32. The van der Waals surface area contributed by atoms with Crippen LogP contribution in [0.2, 0.25) is 0 Å². The predicted molar refractivity (Wildman–Crippen MR) is 101 cm³/mol. The smallest absolute Gasteiger partial charge is 0.251 e. The number of nitrogens with zero attached hydrogens (tertiary/aromatic N) is 2. The summed E-state index contributed by atoms with van der Waals surface area (Å²) in [6, 6.07) is 8.61. The second-order valence-corrected chi connectivity index (χ2v) is 7.36. The van der Waals surface area contributed by atoms with Crippen molar-refractivity contribution in [3.05, 3.63) is 29.8 Å². The van der Waals surface area contributed by atoms with E-state index in [0.717, 1.165) is 51.2 Å². The molecule has 0 bridgehead atoms. The third-order valence-corrected chi connectivity index (χ3v) is 5.30. The van der Waals surface area contributed by atoms with E-state index in [1.165, 1.54) is 12.1 Å². The lowest BCUT2D eigenvalue weighted by atomic mass is 10.1. The first-order valence-corrected chi connectivity index (χ1v) is 9.62. The second-order valence-electron chi connectivity index (χ2n) is 7.36. The average Bonchev–Trinajstić information content (AvgIpc) is 2.67. The fourth-order valence-electron chi connectivity index (χ4n) is 3.60. The van der Waals surface area contributed by atoms with Crippen LogP contribution in [-0.2, 0) is 4.74 Å². The second kappa shape index (κ2) is 8.68. The molecule has 1 aromatic rings. The number of nitrogens with one attached hydrogen (secondary N) is 1. The predicted octanol–water partition coefficient (Wildman–Crippen LogP) is 2.52. The highest BCUT2D eigenvalue weighted by atomic mass is 16.5. The molecule has 0 saturated carbocycles. The third kappa shape index (κ3) is 4.95. The molecule has 2 saturated heterocycles. The largest absolute Gasteiger partial charge is 0.376 e. The molecule has 2 heterocycles. The Labute approximate surface area is 151 Å². The molecule has 0 unspecified atom stereocenters. The van der Waals surface area contributed by atoms with Crippen LogP contribution >= 0.6 is 0 Å². The Morgan fingerprint density at radius 3 is 2.48 bits per heavy atom. The molecule has 1 atom stereocenters. The van der Waals surface area contributed by atoms with E-state index in [1.54, 1.807) is 0 Å². The molecule has 0 aliphatic carbocycles. The highest BCUT2D eigenvalue weighted by Crippen LogP contribution is 2.18. The summed E-state index contributed by atoms with van der Waals surface area (Å²) in [7, 11) is 0. The van der Waals surface area contributed by atoms with E-state index < -0.39 is 0 Å². The summed E-state index contributed by atoms with van der Waals surface area (Å²) in [5, 5.41) is 3.00. The topological polar surface area (TPSA) is 44.8 Å². The number of hydrogen-bond donors (Lipinski definition) is 1. The zero-order chi connectivity index (χ0) is 17.6. The quantitative estimate of drug-likeness (QED) is 0.891. The SMILES string of the molecule is CC(C)N1CCN(c2ccc(C(=O)NC[C@H]3CCCCO3)cc2)CC1. The maximum atomic E-state index is 12.3. The Morgan fingerprint density at radius 2 is 1.88 bits per heavy atom. The van der Waals surface area contributed by atoms with Crippen LogP contribution in [0.5, 0.6) is 0 Å². The summed E-state index contributed by atoms with van der Waals surface area (Å²) in [6.07, 6.45) is 3.55. The first-order valence-electron chi connectivity index (χ1n) is 9.62. The molecule has 0 aromatic heterocycles. The van der Waals surface area contributed by atoms with Gasteiger partial charge in [0.2, 0.25) is 0 Å². The number of hydrogen-bond acceptors (Lipinski definition) is 4. The number of amides is 1. The highest BCUT2D eigenvalue weighted by Gasteiger charge is 2.19. The zero-order valence-corrected chi connectivity index (χ0v) is 15.5. The lowest BCUT2D eigenvalue weighted by Crippen LogP contribution is -2.48. The van der Waals surface area contributed by atoms with Crippen molar-refractivity contribution >= 4 is 11.6 Å². The van der Waals surface area contributed by atoms with Crippen molar-refractivity contribution in [3.8, 4) is 0 Å². The number of piperazine rings is 1. The molecule has 5 nitrogen and oxygen atoms in total. The van der Waals surface area contributed by atoms with Gasteiger partial charge in [-0.25, -0.2) is 0 Å². The lowest BCUT2D eigenvalue weighted by Gasteiger charge is -2.38.